The van der Waals surface area contributed by atoms with Gasteiger partial charge in [-0.3, -0.25) is 9.36 Å². The van der Waals surface area contributed by atoms with Crippen LogP contribution in [0.15, 0.2) is 57.5 Å². The Morgan fingerprint density at radius 2 is 1.89 bits per heavy atom. The molecule has 10 heteroatoms. The lowest BCUT2D eigenvalue weighted by Crippen LogP contribution is -2.40. The van der Waals surface area contributed by atoms with Crippen molar-refractivity contribution in [1.82, 2.24) is 4.57 Å². The minimum Gasteiger partial charge on any atom is -0.506 e. The van der Waals surface area contributed by atoms with Gasteiger partial charge in [-0.15, -0.1) is 0 Å². The number of ether oxygens (including phenoxy) is 2. The van der Waals surface area contributed by atoms with Crippen LogP contribution in [-0.2, 0) is 9.53 Å². The molecule has 0 fully saturated rings. The number of hydrogen-bond donors (Lipinski definition) is 1. The Hall–Kier alpha value is -2.19. The van der Waals surface area contributed by atoms with Crippen molar-refractivity contribution in [3.05, 3.63) is 85.6 Å². The van der Waals surface area contributed by atoms with Crippen molar-refractivity contribution >= 4 is 68.6 Å². The number of phenols is 1. The Bertz CT molecular complexity index is 1500. The molecule has 0 amide bonds. The lowest BCUT2D eigenvalue weighted by molar-refractivity contribution is -0.139. The number of carbonyl (C=O) groups is 1. The van der Waals surface area contributed by atoms with Crippen molar-refractivity contribution in [2.24, 2.45) is 4.99 Å². The number of aromatic nitrogens is 1. The summed E-state index contributed by atoms with van der Waals surface area (Å²) >= 11 is 5.38. The molecule has 1 aliphatic heterocycles. The summed E-state index contributed by atoms with van der Waals surface area (Å²) in [6.45, 7) is 6.03. The molecule has 0 saturated carbocycles. The smallest absolute Gasteiger partial charge is 0.338 e. The third kappa shape index (κ3) is 5.05. The largest absolute Gasteiger partial charge is 0.506 e. The van der Waals surface area contributed by atoms with Gasteiger partial charge in [-0.25, -0.2) is 9.79 Å². The number of para-hydroxylation sites is 1. The van der Waals surface area contributed by atoms with Gasteiger partial charge in [-0.1, -0.05) is 29.5 Å². The fourth-order valence-corrected chi connectivity index (χ4v) is 6.76. The number of benzene rings is 2. The summed E-state index contributed by atoms with van der Waals surface area (Å²) in [7, 11) is 0. The lowest BCUT2D eigenvalue weighted by atomic mass is 9.95. The number of thiazole rings is 1. The number of fused-ring (bicyclic) bond motifs is 1. The normalized spacial score (nSPS) is 15.6. The molecule has 0 saturated heterocycles. The minimum absolute atomic E-state index is 0.206. The number of esters is 1. The van der Waals surface area contributed by atoms with Gasteiger partial charge >= 0.3 is 5.97 Å². The highest BCUT2D eigenvalue weighted by molar-refractivity contribution is 14.1. The zero-order chi connectivity index (χ0) is 25.3. The first-order valence-corrected chi connectivity index (χ1v) is 13.8. The quantitative estimate of drug-likeness (QED) is 0.307. The van der Waals surface area contributed by atoms with Gasteiger partial charge in [0.2, 0.25) is 0 Å². The Balaban J connectivity index is 1.99. The van der Waals surface area contributed by atoms with E-state index in [0.717, 1.165) is 5.56 Å². The maximum Gasteiger partial charge on any atom is 0.338 e. The zero-order valence-electron chi connectivity index (χ0n) is 19.2. The molecule has 3 aromatic rings. The van der Waals surface area contributed by atoms with E-state index in [9.17, 15) is 14.7 Å². The predicted octanol–water partition coefficient (Wildman–Crippen LogP) is 4.11. The van der Waals surface area contributed by atoms with Crippen molar-refractivity contribution < 1.29 is 19.4 Å². The van der Waals surface area contributed by atoms with E-state index < -0.39 is 12.0 Å². The second-order valence-corrected chi connectivity index (χ2v) is 10.9. The standard InChI is InChI=1S/C25H22I2N2O5S/c1-4-33-18-9-7-6-8-15(18)21-20(24(32)34-5-2)13(3)28-25-29(21)23(31)19(35-25)12-14-10-16(26)22(30)17(27)11-14/h6-12,21,30H,4-5H2,1-3H3/b19-12-/t21-/m1/s1. The summed E-state index contributed by atoms with van der Waals surface area (Å²) < 4.78 is 14.6. The molecule has 0 radical (unpaired) electrons. The Morgan fingerprint density at radius 3 is 2.54 bits per heavy atom. The van der Waals surface area contributed by atoms with Crippen LogP contribution in [-0.4, -0.2) is 28.9 Å². The van der Waals surface area contributed by atoms with Crippen LogP contribution in [0.4, 0.5) is 0 Å². The number of carbonyl (C=O) groups excluding carboxylic acids is 1. The number of phenolic OH excluding ortho intramolecular Hbond substituents is 1. The molecule has 2 aromatic carbocycles. The maximum atomic E-state index is 13.8. The van der Waals surface area contributed by atoms with Crippen LogP contribution in [0.5, 0.6) is 11.5 Å². The molecule has 4 rings (SSSR count). The van der Waals surface area contributed by atoms with Crippen LogP contribution < -0.4 is 19.6 Å². The summed E-state index contributed by atoms with van der Waals surface area (Å²) in [6.07, 6.45) is 1.78. The first-order valence-electron chi connectivity index (χ1n) is 10.9. The Kier molecular flexibility index (Phi) is 8.01. The van der Waals surface area contributed by atoms with E-state index in [0.29, 0.717) is 45.7 Å². The van der Waals surface area contributed by atoms with Gasteiger partial charge in [0.1, 0.15) is 17.5 Å². The molecule has 1 aliphatic rings. The van der Waals surface area contributed by atoms with Crippen molar-refractivity contribution in [1.29, 1.82) is 0 Å². The SMILES string of the molecule is CCOC(=O)C1=C(C)N=c2s/c(=C\c3cc(I)c(O)c(I)c3)c(=O)n2[C@@H]1c1ccccc1OCC. The lowest BCUT2D eigenvalue weighted by Gasteiger charge is -2.26. The first-order chi connectivity index (χ1) is 16.8. The summed E-state index contributed by atoms with van der Waals surface area (Å²) in [5.74, 6) is 0.294. The summed E-state index contributed by atoms with van der Waals surface area (Å²) in [5.41, 5.74) is 2.02. The molecule has 2 heterocycles. The number of aromatic hydroxyl groups is 1. The van der Waals surface area contributed by atoms with E-state index >= 15 is 0 Å². The van der Waals surface area contributed by atoms with Crippen molar-refractivity contribution in [2.45, 2.75) is 26.8 Å². The van der Waals surface area contributed by atoms with Gasteiger partial charge in [-0.2, -0.15) is 0 Å². The van der Waals surface area contributed by atoms with Crippen LogP contribution in [0.25, 0.3) is 6.08 Å². The molecule has 182 valence electrons. The minimum atomic E-state index is -0.740. The molecule has 1 N–H and O–H groups in total. The molecule has 0 unspecified atom stereocenters. The molecule has 1 atom stereocenters. The zero-order valence-corrected chi connectivity index (χ0v) is 24.3. The van der Waals surface area contributed by atoms with E-state index in [4.69, 9.17) is 9.47 Å². The molecule has 35 heavy (non-hydrogen) atoms. The van der Waals surface area contributed by atoms with Crippen molar-refractivity contribution in [3.8, 4) is 11.5 Å². The fraction of sp³-hybridized carbons (Fsp3) is 0.240. The molecule has 0 bridgehead atoms. The average Bonchev–Trinajstić information content (AvgIpc) is 3.11. The first kappa shape index (κ1) is 25.9. The number of allylic oxidation sites excluding steroid dienone is 1. The molecule has 7 nitrogen and oxygen atoms in total. The van der Waals surface area contributed by atoms with E-state index in [1.807, 2.05) is 43.3 Å². The second kappa shape index (κ2) is 10.8. The molecular formula is C25H22I2N2O5S. The number of nitrogens with zero attached hydrogens (tertiary/aromatic N) is 2. The topological polar surface area (TPSA) is 90.1 Å². The summed E-state index contributed by atoms with van der Waals surface area (Å²) in [5, 5.41) is 10.1. The third-order valence-electron chi connectivity index (χ3n) is 5.37. The number of rotatable bonds is 6. The average molecular weight is 716 g/mol. The van der Waals surface area contributed by atoms with Gasteiger partial charge in [0.05, 0.1) is 36.2 Å². The van der Waals surface area contributed by atoms with Crippen LogP contribution >= 0.6 is 56.5 Å². The summed E-state index contributed by atoms with van der Waals surface area (Å²) in [4.78, 5) is 31.9. The molecule has 0 spiro atoms. The van der Waals surface area contributed by atoms with E-state index in [-0.39, 0.29) is 17.9 Å². The van der Waals surface area contributed by atoms with Crippen LogP contribution in [0.1, 0.15) is 37.9 Å². The highest BCUT2D eigenvalue weighted by atomic mass is 127. The predicted molar refractivity (Wildman–Crippen MR) is 152 cm³/mol. The van der Waals surface area contributed by atoms with Crippen molar-refractivity contribution in [3.63, 3.8) is 0 Å². The Labute approximate surface area is 233 Å². The molecule has 1 aromatic heterocycles. The monoisotopic (exact) mass is 716 g/mol. The van der Waals surface area contributed by atoms with Crippen LogP contribution in [0, 0.1) is 7.14 Å². The molecule has 0 aliphatic carbocycles. The maximum absolute atomic E-state index is 13.8. The van der Waals surface area contributed by atoms with Gasteiger partial charge in [0.15, 0.2) is 4.80 Å². The third-order valence-corrected chi connectivity index (χ3v) is 8.00. The molecular weight excluding hydrogens is 694 g/mol. The van der Waals surface area contributed by atoms with E-state index in [1.54, 1.807) is 24.5 Å². The summed E-state index contributed by atoms with van der Waals surface area (Å²) in [6, 6.07) is 10.3. The van der Waals surface area contributed by atoms with E-state index in [1.165, 1.54) is 11.3 Å². The van der Waals surface area contributed by atoms with Gasteiger partial charge in [0.25, 0.3) is 5.56 Å². The van der Waals surface area contributed by atoms with E-state index in [2.05, 4.69) is 50.2 Å². The highest BCUT2D eigenvalue weighted by Crippen LogP contribution is 2.36. The van der Waals surface area contributed by atoms with Crippen molar-refractivity contribution in [2.75, 3.05) is 13.2 Å². The number of hydrogen-bond acceptors (Lipinski definition) is 7. The van der Waals surface area contributed by atoms with Gasteiger partial charge < -0.3 is 14.6 Å². The Morgan fingerprint density at radius 1 is 1.20 bits per heavy atom. The fourth-order valence-electron chi connectivity index (χ4n) is 3.90. The number of halogens is 2. The second-order valence-electron chi connectivity index (χ2n) is 7.61. The van der Waals surface area contributed by atoms with Crippen LogP contribution in [0.3, 0.4) is 0 Å². The highest BCUT2D eigenvalue weighted by Gasteiger charge is 2.35. The van der Waals surface area contributed by atoms with Crippen LogP contribution in [0.2, 0.25) is 0 Å². The van der Waals surface area contributed by atoms with Gasteiger partial charge in [0, 0.05) is 5.56 Å². The van der Waals surface area contributed by atoms with Gasteiger partial charge in [-0.05, 0) is 95.8 Å².